The van der Waals surface area contributed by atoms with Crippen LogP contribution >= 0.6 is 0 Å². The normalized spacial score (nSPS) is 12.5. The van der Waals surface area contributed by atoms with Gasteiger partial charge in [0.1, 0.15) is 5.52 Å². The van der Waals surface area contributed by atoms with E-state index in [1.807, 2.05) is 25.1 Å². The molecule has 6 heteroatoms. The SMILES string of the molecule is Cc1nc2cc(CCC(=O)Nc3ccc4c(c3)OCO4)ccc2o1. The fourth-order valence-electron chi connectivity index (χ4n) is 2.70. The molecule has 1 N–H and O–H groups in total. The number of carbonyl (C=O) groups is 1. The van der Waals surface area contributed by atoms with E-state index in [0.717, 1.165) is 16.7 Å². The lowest BCUT2D eigenvalue weighted by Crippen LogP contribution is -2.12. The number of amides is 1. The molecule has 0 spiro atoms. The number of aryl methyl sites for hydroxylation is 2. The second-order valence-corrected chi connectivity index (χ2v) is 5.65. The van der Waals surface area contributed by atoms with Gasteiger partial charge in [0, 0.05) is 25.1 Å². The van der Waals surface area contributed by atoms with Gasteiger partial charge in [-0.15, -0.1) is 0 Å². The van der Waals surface area contributed by atoms with Gasteiger partial charge >= 0.3 is 0 Å². The Morgan fingerprint density at radius 3 is 2.96 bits per heavy atom. The van der Waals surface area contributed by atoms with Gasteiger partial charge in [0.05, 0.1) is 0 Å². The third-order valence-corrected chi connectivity index (χ3v) is 3.86. The number of hydrogen-bond acceptors (Lipinski definition) is 5. The van der Waals surface area contributed by atoms with E-state index in [9.17, 15) is 4.79 Å². The predicted octanol–water partition coefficient (Wildman–Crippen LogP) is 3.44. The van der Waals surface area contributed by atoms with Gasteiger partial charge in [-0.3, -0.25) is 4.79 Å². The first-order valence-corrected chi connectivity index (χ1v) is 7.73. The second-order valence-electron chi connectivity index (χ2n) is 5.65. The predicted molar refractivity (Wildman–Crippen MR) is 88.3 cm³/mol. The topological polar surface area (TPSA) is 73.6 Å². The number of oxazole rings is 1. The molecule has 0 unspecified atom stereocenters. The average Bonchev–Trinajstić information content (AvgIpc) is 3.17. The summed E-state index contributed by atoms with van der Waals surface area (Å²) in [6.45, 7) is 2.04. The summed E-state index contributed by atoms with van der Waals surface area (Å²) in [5.41, 5.74) is 3.34. The lowest BCUT2D eigenvalue weighted by atomic mass is 10.1. The Hall–Kier alpha value is -3.02. The summed E-state index contributed by atoms with van der Waals surface area (Å²) in [5.74, 6) is 1.94. The van der Waals surface area contributed by atoms with Gasteiger partial charge in [-0.05, 0) is 36.2 Å². The smallest absolute Gasteiger partial charge is 0.231 e. The minimum absolute atomic E-state index is 0.0507. The number of hydrogen-bond donors (Lipinski definition) is 1. The van der Waals surface area contributed by atoms with E-state index >= 15 is 0 Å². The van der Waals surface area contributed by atoms with Crippen molar-refractivity contribution in [3.8, 4) is 11.5 Å². The summed E-state index contributed by atoms with van der Waals surface area (Å²) in [6, 6.07) is 11.2. The lowest BCUT2D eigenvalue weighted by molar-refractivity contribution is -0.116. The van der Waals surface area contributed by atoms with Crippen LogP contribution < -0.4 is 14.8 Å². The van der Waals surface area contributed by atoms with Crippen molar-refractivity contribution in [1.29, 1.82) is 0 Å². The Kier molecular flexibility index (Phi) is 3.57. The molecular formula is C18H16N2O4. The zero-order valence-corrected chi connectivity index (χ0v) is 13.2. The van der Waals surface area contributed by atoms with Crippen LogP contribution in [0.25, 0.3) is 11.1 Å². The quantitative estimate of drug-likeness (QED) is 0.796. The van der Waals surface area contributed by atoms with Crippen LogP contribution in [0.15, 0.2) is 40.8 Å². The molecule has 0 bridgehead atoms. The Bertz CT molecular complexity index is 917. The van der Waals surface area contributed by atoms with Gasteiger partial charge < -0.3 is 19.2 Å². The minimum Gasteiger partial charge on any atom is -0.454 e. The van der Waals surface area contributed by atoms with Crippen LogP contribution in [0, 0.1) is 6.92 Å². The molecule has 122 valence electrons. The molecular weight excluding hydrogens is 308 g/mol. The molecule has 1 aliphatic rings. The summed E-state index contributed by atoms with van der Waals surface area (Å²) in [6.07, 6.45) is 1.02. The fraction of sp³-hybridized carbons (Fsp3) is 0.222. The zero-order valence-electron chi connectivity index (χ0n) is 13.2. The van der Waals surface area contributed by atoms with Crippen molar-refractivity contribution in [1.82, 2.24) is 4.98 Å². The van der Waals surface area contributed by atoms with Crippen LogP contribution in [-0.4, -0.2) is 17.7 Å². The van der Waals surface area contributed by atoms with Gasteiger partial charge in [0.15, 0.2) is 23.0 Å². The van der Waals surface area contributed by atoms with Crippen LogP contribution in [0.5, 0.6) is 11.5 Å². The van der Waals surface area contributed by atoms with Crippen molar-refractivity contribution < 1.29 is 18.7 Å². The highest BCUT2D eigenvalue weighted by Gasteiger charge is 2.14. The number of nitrogens with zero attached hydrogens (tertiary/aromatic N) is 1. The van der Waals surface area contributed by atoms with Crippen LogP contribution in [0.2, 0.25) is 0 Å². The Morgan fingerprint density at radius 2 is 2.04 bits per heavy atom. The maximum absolute atomic E-state index is 12.1. The largest absolute Gasteiger partial charge is 0.454 e. The highest BCUT2D eigenvalue weighted by atomic mass is 16.7. The maximum atomic E-state index is 12.1. The van der Waals surface area contributed by atoms with Crippen molar-refractivity contribution in [2.24, 2.45) is 0 Å². The second kappa shape index (κ2) is 5.88. The van der Waals surface area contributed by atoms with Crippen LogP contribution in [0.1, 0.15) is 17.9 Å². The van der Waals surface area contributed by atoms with E-state index in [1.54, 1.807) is 18.2 Å². The first-order valence-electron chi connectivity index (χ1n) is 7.73. The van der Waals surface area contributed by atoms with Crippen LogP contribution in [-0.2, 0) is 11.2 Å². The van der Waals surface area contributed by atoms with Crippen LogP contribution in [0.4, 0.5) is 5.69 Å². The summed E-state index contributed by atoms with van der Waals surface area (Å²) in [7, 11) is 0. The molecule has 2 aromatic carbocycles. The first kappa shape index (κ1) is 14.6. The number of fused-ring (bicyclic) bond motifs is 2. The van der Waals surface area contributed by atoms with Crippen molar-refractivity contribution in [3.05, 3.63) is 47.9 Å². The number of ether oxygens (including phenoxy) is 2. The molecule has 0 aliphatic carbocycles. The molecule has 1 aliphatic heterocycles. The van der Waals surface area contributed by atoms with Gasteiger partial charge in [0.2, 0.25) is 12.7 Å². The van der Waals surface area contributed by atoms with Crippen molar-refractivity contribution in [2.45, 2.75) is 19.8 Å². The lowest BCUT2D eigenvalue weighted by Gasteiger charge is -2.06. The van der Waals surface area contributed by atoms with E-state index in [-0.39, 0.29) is 12.7 Å². The van der Waals surface area contributed by atoms with E-state index in [4.69, 9.17) is 13.9 Å². The first-order chi connectivity index (χ1) is 11.7. The highest BCUT2D eigenvalue weighted by Crippen LogP contribution is 2.34. The van der Waals surface area contributed by atoms with Gasteiger partial charge in [-0.2, -0.15) is 0 Å². The molecule has 0 atom stereocenters. The number of rotatable bonds is 4. The van der Waals surface area contributed by atoms with Gasteiger partial charge in [-0.25, -0.2) is 4.98 Å². The molecule has 24 heavy (non-hydrogen) atoms. The third-order valence-electron chi connectivity index (χ3n) is 3.86. The highest BCUT2D eigenvalue weighted by molar-refractivity contribution is 5.91. The van der Waals surface area contributed by atoms with E-state index in [2.05, 4.69) is 10.3 Å². The Balaban J connectivity index is 1.38. The Labute approximate surface area is 138 Å². The van der Waals surface area contributed by atoms with Crippen molar-refractivity contribution in [3.63, 3.8) is 0 Å². The molecule has 0 fully saturated rings. The summed E-state index contributed by atoms with van der Waals surface area (Å²) >= 11 is 0. The molecule has 1 amide bonds. The monoisotopic (exact) mass is 324 g/mol. The fourth-order valence-corrected chi connectivity index (χ4v) is 2.70. The molecule has 3 aromatic rings. The van der Waals surface area contributed by atoms with Crippen LogP contribution in [0.3, 0.4) is 0 Å². The number of benzene rings is 2. The zero-order chi connectivity index (χ0) is 16.5. The van der Waals surface area contributed by atoms with E-state index in [1.165, 1.54) is 0 Å². The summed E-state index contributed by atoms with van der Waals surface area (Å²) in [4.78, 5) is 16.4. The molecule has 0 saturated heterocycles. The summed E-state index contributed by atoms with van der Waals surface area (Å²) < 4.78 is 16.0. The van der Waals surface area contributed by atoms with Crippen molar-refractivity contribution >= 4 is 22.7 Å². The molecule has 0 saturated carbocycles. The number of carbonyl (C=O) groups excluding carboxylic acids is 1. The molecule has 2 heterocycles. The molecule has 1 aromatic heterocycles. The average molecular weight is 324 g/mol. The number of aromatic nitrogens is 1. The Morgan fingerprint density at radius 1 is 1.17 bits per heavy atom. The maximum Gasteiger partial charge on any atom is 0.231 e. The molecule has 4 rings (SSSR count). The molecule has 0 radical (unpaired) electrons. The van der Waals surface area contributed by atoms with E-state index in [0.29, 0.717) is 35.9 Å². The minimum atomic E-state index is -0.0507. The van der Waals surface area contributed by atoms with Gasteiger partial charge in [0.25, 0.3) is 0 Å². The number of nitrogens with one attached hydrogen (secondary N) is 1. The standard InChI is InChI=1S/C18H16N2O4/c1-11-19-14-8-12(2-5-15(14)24-11)3-7-18(21)20-13-4-6-16-17(9-13)23-10-22-16/h2,4-6,8-9H,3,7,10H2,1H3,(H,20,21). The third kappa shape index (κ3) is 2.90. The van der Waals surface area contributed by atoms with Gasteiger partial charge in [-0.1, -0.05) is 6.07 Å². The van der Waals surface area contributed by atoms with Crippen molar-refractivity contribution in [2.75, 3.05) is 12.1 Å². The summed E-state index contributed by atoms with van der Waals surface area (Å²) in [5, 5.41) is 2.87. The number of anilines is 1. The molecule has 6 nitrogen and oxygen atoms in total. The van der Waals surface area contributed by atoms with E-state index < -0.39 is 0 Å².